The average molecular weight is 1420 g/mol. The Morgan fingerprint density at radius 1 is 0.727 bits per heavy atom. The van der Waals surface area contributed by atoms with Crippen LogP contribution in [0.1, 0.15) is 202 Å². The average Bonchev–Trinajstić information content (AvgIpc) is 1.73. The molecule has 2 spiro atoms. The van der Waals surface area contributed by atoms with Gasteiger partial charge in [-0.25, -0.2) is 14.4 Å². The number of allylic oxidation sites excluding steroid dienone is 2. The van der Waals surface area contributed by atoms with Gasteiger partial charge in [-0.15, -0.1) is 0 Å². The molecule has 6 fully saturated rings. The van der Waals surface area contributed by atoms with Crippen molar-refractivity contribution in [2.45, 2.75) is 315 Å². The number of esters is 2. The molecular formula is C79H127NO17Si2. The Kier molecular flexibility index (Phi) is 26.3. The normalized spacial score (nSPS) is 31.7. The number of methoxy groups -OCH3 is 3. The van der Waals surface area contributed by atoms with E-state index in [4.69, 9.17) is 65.7 Å². The smallest absolute Gasteiger partial charge is 0.411 e. The minimum atomic E-state index is -2.93. The molecule has 5 heterocycles. The summed E-state index contributed by atoms with van der Waals surface area (Å²) in [5.41, 5.74) is 1.26. The van der Waals surface area contributed by atoms with Crippen LogP contribution in [-0.4, -0.2) is 170 Å². The first-order valence-corrected chi connectivity index (χ1v) is 41.8. The van der Waals surface area contributed by atoms with Gasteiger partial charge in [0.05, 0.1) is 49.8 Å². The Morgan fingerprint density at radius 3 is 1.93 bits per heavy atom. The van der Waals surface area contributed by atoms with E-state index in [1.807, 2.05) is 41.5 Å². The lowest BCUT2D eigenvalue weighted by molar-refractivity contribution is -0.427. The van der Waals surface area contributed by atoms with E-state index in [2.05, 4.69) is 155 Å². The van der Waals surface area contributed by atoms with Crippen molar-refractivity contribution < 1.29 is 80.1 Å². The van der Waals surface area contributed by atoms with Crippen LogP contribution < -0.4 is 10.4 Å². The molecular weight excluding hydrogens is 1290 g/mol. The Balaban J connectivity index is 1.11. The molecule has 0 unspecified atom stereocenters. The van der Waals surface area contributed by atoms with Crippen molar-refractivity contribution in [2.24, 2.45) is 29.6 Å². The highest BCUT2D eigenvalue weighted by Crippen LogP contribution is 2.52. The molecule has 5 saturated heterocycles. The maximum Gasteiger partial charge on any atom is 0.411 e. The van der Waals surface area contributed by atoms with Crippen molar-refractivity contribution in [3.8, 4) is 0 Å². The van der Waals surface area contributed by atoms with Crippen molar-refractivity contribution in [3.63, 3.8) is 0 Å². The summed E-state index contributed by atoms with van der Waals surface area (Å²) in [6, 6.07) is 20.7. The number of benzene rings is 2. The maximum atomic E-state index is 15.2. The zero-order chi connectivity index (χ0) is 73.1. The second kappa shape index (κ2) is 32.2. The van der Waals surface area contributed by atoms with Gasteiger partial charge in [0.25, 0.3) is 8.32 Å². The van der Waals surface area contributed by atoms with Crippen LogP contribution in [-0.2, 0) is 75.3 Å². The Morgan fingerprint density at radius 2 is 1.35 bits per heavy atom. The van der Waals surface area contributed by atoms with E-state index in [0.29, 0.717) is 58.1 Å². The van der Waals surface area contributed by atoms with E-state index >= 15 is 4.79 Å². The van der Waals surface area contributed by atoms with Gasteiger partial charge in [0.1, 0.15) is 23.9 Å². The first-order chi connectivity index (χ1) is 46.2. The van der Waals surface area contributed by atoms with Crippen LogP contribution in [0, 0.1) is 29.6 Å². The van der Waals surface area contributed by atoms with Gasteiger partial charge in [0, 0.05) is 52.0 Å². The summed E-state index contributed by atoms with van der Waals surface area (Å²) >= 11 is 0. The van der Waals surface area contributed by atoms with Crippen molar-refractivity contribution in [2.75, 3.05) is 41.1 Å². The molecule has 20 heteroatoms. The summed E-state index contributed by atoms with van der Waals surface area (Å²) in [5.74, 6) is -6.81. The molecule has 0 bridgehead atoms. The minimum absolute atomic E-state index is 0.0514. The van der Waals surface area contributed by atoms with Crippen LogP contribution in [0.2, 0.25) is 23.2 Å². The van der Waals surface area contributed by atoms with Gasteiger partial charge in [-0.3, -0.25) is 4.90 Å². The van der Waals surface area contributed by atoms with E-state index in [-0.39, 0.29) is 64.8 Å². The Hall–Kier alpha value is -3.88. The quantitative estimate of drug-likeness (QED) is 0.0442. The number of piperidine rings is 1. The standard InChI is InChI=1S/C79H127NO17Si2/c1-25-87-71(82)69-79(97-77(18,19)92-69)54(5)46-65(86-22)68(91-79)64(85-21)44-52(3)42-51(2)43-57-48-58(94-98(23,24)74(10,11)12)50-88-78(57)49-66(90-76(16,17)96-78)55(6)67(89-70(81)61-38-32-33-41-80(61)72(83)93-73(7,8)9)53(4)45-56-39-40-62(63(47-56)84-20)95-99(75(13,14)15,59-34-28-26-29-35-59)60-36-30-27-31-37-60/h26-31,34-37,43,45,52,54-58,61-69H,25,32-33,38-42,44,46-50H2,1-24H3/b51-43+,53-45+/t52-,54+,55+,56-,57-,58+,61-,62+,63+,64-,65-,66-,67+,68+,69-,78+,79-/m0/s1. The molecule has 2 aromatic rings. The molecule has 0 N–H and O–H groups in total. The largest absolute Gasteiger partial charge is 0.464 e. The monoisotopic (exact) mass is 1420 g/mol. The molecule has 6 aliphatic rings. The third-order valence-corrected chi connectivity index (χ3v) is 31.7. The molecule has 1 aliphatic carbocycles. The molecule has 1 saturated carbocycles. The number of carbonyl (C=O) groups is 3. The SMILES string of the molecule is CCOC(=O)[C@@H]1OC(C)(C)O[C@]12O[C@H]([C@H](C[C@@H](C)C/C(C)=C/[C@H]1C[C@@H](O[Si](C)(C)C(C)(C)C)CO[C@@]13C[C@@H]([C@@H](C)[C@H](OC(=O)[C@@H]1CCCCN1C(=O)OC(C)(C)C)/C(C)=C/[C@@H]1CC[C@@H](O[Si](c4ccccc4)(c4ccccc4)C(C)(C)C)[C@H](OC)C1)OC(C)(C)O3)OC)[C@@H](OC)C[C@H]2C. The molecule has 1 amide bonds. The van der Waals surface area contributed by atoms with Crippen molar-refractivity contribution in [1.29, 1.82) is 0 Å². The topological polar surface area (TPSA) is 184 Å². The van der Waals surface area contributed by atoms with E-state index in [9.17, 15) is 9.59 Å². The van der Waals surface area contributed by atoms with Gasteiger partial charge in [-0.2, -0.15) is 0 Å². The van der Waals surface area contributed by atoms with Gasteiger partial charge in [-0.05, 0) is 184 Å². The highest BCUT2D eigenvalue weighted by Gasteiger charge is 2.66. The van der Waals surface area contributed by atoms with Crippen molar-refractivity contribution in [1.82, 2.24) is 4.90 Å². The predicted octanol–water partition coefficient (Wildman–Crippen LogP) is 14.9. The van der Waals surface area contributed by atoms with Crippen LogP contribution in [0.4, 0.5) is 4.79 Å². The molecule has 2 aromatic carbocycles. The number of hydrogen-bond acceptors (Lipinski definition) is 17. The van der Waals surface area contributed by atoms with Gasteiger partial charge in [0.15, 0.2) is 25.7 Å². The lowest BCUT2D eigenvalue weighted by Crippen LogP contribution is -2.68. The molecule has 0 aromatic heterocycles. The second-order valence-corrected chi connectivity index (χ2v) is 43.1. The zero-order valence-corrected chi connectivity index (χ0v) is 66.9. The van der Waals surface area contributed by atoms with Crippen LogP contribution in [0.3, 0.4) is 0 Å². The lowest BCUT2D eigenvalue weighted by Gasteiger charge is -2.55. The summed E-state index contributed by atoms with van der Waals surface area (Å²) in [6.07, 6.45) is 6.60. The van der Waals surface area contributed by atoms with Crippen LogP contribution >= 0.6 is 0 Å². The second-order valence-electron chi connectivity index (χ2n) is 34.1. The zero-order valence-electron chi connectivity index (χ0n) is 64.9. The van der Waals surface area contributed by atoms with Crippen molar-refractivity contribution in [3.05, 3.63) is 84.0 Å². The van der Waals surface area contributed by atoms with Gasteiger partial charge in [-0.1, -0.05) is 141 Å². The summed E-state index contributed by atoms with van der Waals surface area (Å²) in [4.78, 5) is 44.4. The van der Waals surface area contributed by atoms with Gasteiger partial charge < -0.3 is 65.7 Å². The predicted molar refractivity (Wildman–Crippen MR) is 389 cm³/mol. The molecule has 18 nitrogen and oxygen atoms in total. The maximum absolute atomic E-state index is 15.2. The molecule has 8 rings (SSSR count). The summed E-state index contributed by atoms with van der Waals surface area (Å²) < 4.78 is 94.1. The van der Waals surface area contributed by atoms with Crippen LogP contribution in [0.5, 0.6) is 0 Å². The van der Waals surface area contributed by atoms with E-state index in [1.165, 1.54) is 10.4 Å². The molecule has 5 aliphatic heterocycles. The number of hydrogen-bond donors (Lipinski definition) is 0. The third kappa shape index (κ3) is 18.8. The van der Waals surface area contributed by atoms with E-state index in [1.54, 1.807) is 47.0 Å². The number of nitrogens with zero attached hydrogens (tertiary/aromatic N) is 1. The first-order valence-electron chi connectivity index (χ1n) is 37.0. The molecule has 0 radical (unpaired) electrons. The molecule has 558 valence electrons. The fraction of sp³-hybridized carbons (Fsp3) is 0.759. The number of ether oxygens (including phenoxy) is 12. The summed E-state index contributed by atoms with van der Waals surface area (Å²) in [6.45, 7) is 44.5. The Bertz CT molecular complexity index is 3010. The fourth-order valence-corrected chi connectivity index (χ4v) is 22.5. The highest BCUT2D eigenvalue weighted by molar-refractivity contribution is 6.99. The number of amides is 1. The fourth-order valence-electron chi connectivity index (χ4n) is 16.4. The molecule has 99 heavy (non-hydrogen) atoms. The number of rotatable bonds is 23. The van der Waals surface area contributed by atoms with Gasteiger partial charge >= 0.3 is 18.0 Å². The van der Waals surface area contributed by atoms with Gasteiger partial charge in [0.2, 0.25) is 11.9 Å². The van der Waals surface area contributed by atoms with Crippen molar-refractivity contribution >= 4 is 45.0 Å². The number of carbonyl (C=O) groups excluding carboxylic acids is 3. The highest BCUT2D eigenvalue weighted by atomic mass is 28.4. The third-order valence-electron chi connectivity index (χ3n) is 22.1. The lowest BCUT2D eigenvalue weighted by atomic mass is 9.78. The Labute approximate surface area is 596 Å². The van der Waals surface area contributed by atoms with Crippen LogP contribution in [0.15, 0.2) is 84.0 Å². The van der Waals surface area contributed by atoms with E-state index in [0.717, 1.165) is 36.8 Å². The van der Waals surface area contributed by atoms with Crippen LogP contribution in [0.25, 0.3) is 0 Å². The minimum Gasteiger partial charge on any atom is -0.464 e. The summed E-state index contributed by atoms with van der Waals surface area (Å²) in [5, 5.41) is 2.17. The van der Waals surface area contributed by atoms with E-state index < -0.39 is 106 Å². The number of likely N-dealkylation sites (tertiary alicyclic amines) is 1. The first kappa shape index (κ1) is 80.8. The molecule has 17 atom stereocenters. The summed E-state index contributed by atoms with van der Waals surface area (Å²) in [7, 11) is -0.0615.